The highest BCUT2D eigenvalue weighted by molar-refractivity contribution is 6.10. The molecule has 1 N–H and O–H groups in total. The van der Waals surface area contributed by atoms with Gasteiger partial charge in [-0.1, -0.05) is 24.3 Å². The van der Waals surface area contributed by atoms with Crippen LogP contribution in [0.1, 0.15) is 10.4 Å². The van der Waals surface area contributed by atoms with Gasteiger partial charge in [0, 0.05) is 23.2 Å². The number of pyridine rings is 2. The molecule has 4 heteroatoms. The van der Waals surface area contributed by atoms with Gasteiger partial charge in [-0.25, -0.2) is 4.79 Å². The predicted molar refractivity (Wildman–Crippen MR) is 89.4 cm³/mol. The molecular weight excluding hydrogens is 288 g/mol. The molecule has 0 spiro atoms. The summed E-state index contributed by atoms with van der Waals surface area (Å²) in [5, 5.41) is 11.2. The zero-order valence-corrected chi connectivity index (χ0v) is 12.1. The first-order valence-electron chi connectivity index (χ1n) is 7.20. The summed E-state index contributed by atoms with van der Waals surface area (Å²) in [6.45, 7) is 0. The monoisotopic (exact) mass is 300 g/mol. The highest BCUT2D eigenvalue weighted by Crippen LogP contribution is 2.33. The smallest absolute Gasteiger partial charge is 0.335 e. The fourth-order valence-corrected chi connectivity index (χ4v) is 2.84. The number of aromatic nitrogens is 2. The Kier molecular flexibility index (Phi) is 3.01. The molecule has 0 aliphatic rings. The summed E-state index contributed by atoms with van der Waals surface area (Å²) in [4.78, 5) is 20.1. The van der Waals surface area contributed by atoms with E-state index in [4.69, 9.17) is 0 Å². The van der Waals surface area contributed by atoms with Crippen LogP contribution in [0.2, 0.25) is 0 Å². The maximum absolute atomic E-state index is 11.2. The molecule has 0 radical (unpaired) electrons. The van der Waals surface area contributed by atoms with Crippen LogP contribution in [0.25, 0.3) is 32.9 Å². The molecule has 0 bridgehead atoms. The number of benzene rings is 2. The Morgan fingerprint density at radius 2 is 1.65 bits per heavy atom. The van der Waals surface area contributed by atoms with E-state index in [2.05, 4.69) is 9.97 Å². The Hall–Kier alpha value is -3.27. The van der Waals surface area contributed by atoms with E-state index in [-0.39, 0.29) is 5.56 Å². The molecule has 4 aromatic rings. The van der Waals surface area contributed by atoms with Gasteiger partial charge >= 0.3 is 5.97 Å². The second-order valence-corrected chi connectivity index (χ2v) is 5.28. The second-order valence-electron chi connectivity index (χ2n) is 5.28. The van der Waals surface area contributed by atoms with Gasteiger partial charge in [0.2, 0.25) is 0 Å². The second kappa shape index (κ2) is 5.18. The normalized spacial score (nSPS) is 11.0. The SMILES string of the molecule is O=C(O)c1cccc(-c2cc3cccnc3c3ncccc23)c1. The van der Waals surface area contributed by atoms with Crippen LogP contribution in [0.4, 0.5) is 0 Å². The van der Waals surface area contributed by atoms with Gasteiger partial charge in [0.05, 0.1) is 16.6 Å². The molecular formula is C19H12N2O2. The molecule has 4 rings (SSSR count). The van der Waals surface area contributed by atoms with Crippen molar-refractivity contribution in [2.75, 3.05) is 0 Å². The highest BCUT2D eigenvalue weighted by Gasteiger charge is 2.11. The first kappa shape index (κ1) is 13.4. The van der Waals surface area contributed by atoms with Crippen molar-refractivity contribution in [1.82, 2.24) is 9.97 Å². The van der Waals surface area contributed by atoms with Gasteiger partial charge in [0.25, 0.3) is 0 Å². The summed E-state index contributed by atoms with van der Waals surface area (Å²) in [7, 11) is 0. The van der Waals surface area contributed by atoms with E-state index in [9.17, 15) is 9.90 Å². The lowest BCUT2D eigenvalue weighted by atomic mass is 9.96. The number of carboxylic acids is 1. The number of carbonyl (C=O) groups is 1. The van der Waals surface area contributed by atoms with Crippen LogP contribution >= 0.6 is 0 Å². The molecule has 0 aliphatic heterocycles. The number of carboxylic acid groups (broad SMARTS) is 1. The van der Waals surface area contributed by atoms with Gasteiger partial charge in [-0.3, -0.25) is 9.97 Å². The Bertz CT molecular complexity index is 1060. The van der Waals surface area contributed by atoms with E-state index in [1.165, 1.54) is 0 Å². The van der Waals surface area contributed by atoms with Crippen molar-refractivity contribution in [3.8, 4) is 11.1 Å². The summed E-state index contributed by atoms with van der Waals surface area (Å²) >= 11 is 0. The predicted octanol–water partition coefficient (Wildman–Crippen LogP) is 4.15. The average Bonchev–Trinajstić information content (AvgIpc) is 2.61. The molecule has 0 atom stereocenters. The van der Waals surface area contributed by atoms with Crippen LogP contribution in [0, 0.1) is 0 Å². The third kappa shape index (κ3) is 2.21. The van der Waals surface area contributed by atoms with Crippen molar-refractivity contribution in [3.63, 3.8) is 0 Å². The van der Waals surface area contributed by atoms with Crippen molar-refractivity contribution in [2.24, 2.45) is 0 Å². The number of hydrogen-bond acceptors (Lipinski definition) is 3. The summed E-state index contributed by atoms with van der Waals surface area (Å²) in [6, 6.07) is 16.7. The quantitative estimate of drug-likeness (QED) is 0.565. The molecule has 0 saturated carbocycles. The largest absolute Gasteiger partial charge is 0.478 e. The molecule has 0 saturated heterocycles. The van der Waals surface area contributed by atoms with Crippen LogP contribution in [0.3, 0.4) is 0 Å². The van der Waals surface area contributed by atoms with E-state index < -0.39 is 5.97 Å². The Labute approximate surface area is 132 Å². The lowest BCUT2D eigenvalue weighted by molar-refractivity contribution is 0.0697. The van der Waals surface area contributed by atoms with Gasteiger partial charge in [-0.2, -0.15) is 0 Å². The van der Waals surface area contributed by atoms with E-state index in [0.29, 0.717) is 0 Å². The lowest BCUT2D eigenvalue weighted by Gasteiger charge is -2.10. The van der Waals surface area contributed by atoms with E-state index in [0.717, 1.165) is 32.9 Å². The highest BCUT2D eigenvalue weighted by atomic mass is 16.4. The van der Waals surface area contributed by atoms with E-state index in [1.54, 1.807) is 30.6 Å². The van der Waals surface area contributed by atoms with E-state index >= 15 is 0 Å². The van der Waals surface area contributed by atoms with Crippen molar-refractivity contribution < 1.29 is 9.90 Å². The fraction of sp³-hybridized carbons (Fsp3) is 0. The summed E-state index contributed by atoms with van der Waals surface area (Å²) in [5.74, 6) is -0.934. The molecule has 2 aromatic carbocycles. The van der Waals surface area contributed by atoms with Crippen molar-refractivity contribution in [1.29, 1.82) is 0 Å². The van der Waals surface area contributed by atoms with Gasteiger partial charge in [0.1, 0.15) is 0 Å². The first-order valence-corrected chi connectivity index (χ1v) is 7.20. The topological polar surface area (TPSA) is 63.1 Å². The van der Waals surface area contributed by atoms with Crippen LogP contribution in [0.15, 0.2) is 67.0 Å². The zero-order chi connectivity index (χ0) is 15.8. The summed E-state index contributed by atoms with van der Waals surface area (Å²) < 4.78 is 0. The molecule has 0 fully saturated rings. The van der Waals surface area contributed by atoms with Crippen LogP contribution in [-0.4, -0.2) is 21.0 Å². The Balaban J connectivity index is 2.09. The maximum atomic E-state index is 11.2. The minimum Gasteiger partial charge on any atom is -0.478 e. The molecule has 110 valence electrons. The minimum absolute atomic E-state index is 0.269. The molecule has 0 aliphatic carbocycles. The van der Waals surface area contributed by atoms with Gasteiger partial charge in [-0.15, -0.1) is 0 Å². The van der Waals surface area contributed by atoms with Crippen molar-refractivity contribution in [3.05, 3.63) is 72.6 Å². The van der Waals surface area contributed by atoms with Crippen LogP contribution < -0.4 is 0 Å². The van der Waals surface area contributed by atoms with Gasteiger partial charge < -0.3 is 5.11 Å². The van der Waals surface area contributed by atoms with E-state index in [1.807, 2.05) is 36.4 Å². The van der Waals surface area contributed by atoms with Crippen LogP contribution in [-0.2, 0) is 0 Å². The Morgan fingerprint density at radius 1 is 0.870 bits per heavy atom. The molecule has 2 heterocycles. The average molecular weight is 300 g/mol. The Morgan fingerprint density at radius 3 is 2.48 bits per heavy atom. The first-order chi connectivity index (χ1) is 11.2. The number of hydrogen-bond donors (Lipinski definition) is 1. The summed E-state index contributed by atoms with van der Waals surface area (Å²) in [6.07, 6.45) is 3.50. The zero-order valence-electron chi connectivity index (χ0n) is 12.1. The third-order valence-corrected chi connectivity index (χ3v) is 3.88. The molecule has 0 unspecified atom stereocenters. The lowest BCUT2D eigenvalue weighted by Crippen LogP contribution is -1.96. The van der Waals surface area contributed by atoms with Crippen molar-refractivity contribution in [2.45, 2.75) is 0 Å². The number of fused-ring (bicyclic) bond motifs is 3. The number of aromatic carboxylic acids is 1. The third-order valence-electron chi connectivity index (χ3n) is 3.88. The molecule has 2 aromatic heterocycles. The molecule has 23 heavy (non-hydrogen) atoms. The molecule has 4 nitrogen and oxygen atoms in total. The minimum atomic E-state index is -0.934. The molecule has 0 amide bonds. The number of rotatable bonds is 2. The summed E-state index contributed by atoms with van der Waals surface area (Å²) in [5.41, 5.74) is 3.75. The van der Waals surface area contributed by atoms with Crippen LogP contribution in [0.5, 0.6) is 0 Å². The standard InChI is InChI=1S/C19H12N2O2/c22-19(23)14-5-1-4-12(10-14)16-11-13-6-2-8-20-17(13)18-15(16)7-3-9-21-18/h1-11H,(H,22,23). The maximum Gasteiger partial charge on any atom is 0.335 e. The van der Waals surface area contributed by atoms with Gasteiger partial charge in [-0.05, 0) is 41.5 Å². The van der Waals surface area contributed by atoms with Crippen molar-refractivity contribution >= 4 is 27.8 Å². The van der Waals surface area contributed by atoms with Gasteiger partial charge in [0.15, 0.2) is 0 Å². The fourth-order valence-electron chi connectivity index (χ4n) is 2.84. The number of nitrogens with zero attached hydrogens (tertiary/aromatic N) is 2.